The number of hydrogen-bond acceptors (Lipinski definition) is 3. The van der Waals surface area contributed by atoms with E-state index < -0.39 is 0 Å². The van der Waals surface area contributed by atoms with Crippen molar-refractivity contribution in [2.24, 2.45) is 11.7 Å². The molecule has 2 rings (SSSR count). The summed E-state index contributed by atoms with van der Waals surface area (Å²) in [5.41, 5.74) is 5.77. The molecule has 2 aliphatic rings. The largest absolute Gasteiger partial charge is 0.377 e. The average molecular weight is 156 g/mol. The van der Waals surface area contributed by atoms with E-state index in [1.165, 1.54) is 6.42 Å². The summed E-state index contributed by atoms with van der Waals surface area (Å²) in [7, 11) is 0. The predicted octanol–water partition coefficient (Wildman–Crippen LogP) is 0.0118. The molecule has 0 saturated carbocycles. The molecule has 64 valence electrons. The number of nitrogens with two attached hydrogens (primary N) is 1. The fraction of sp³-hybridized carbons (Fsp3) is 1.00. The fourth-order valence-corrected chi connectivity index (χ4v) is 2.04. The Morgan fingerprint density at radius 3 is 3.00 bits per heavy atom. The third kappa shape index (κ3) is 1.28. The van der Waals surface area contributed by atoms with Crippen LogP contribution in [0.25, 0.3) is 0 Å². The van der Waals surface area contributed by atoms with Crippen molar-refractivity contribution in [1.82, 2.24) is 4.90 Å². The Labute approximate surface area is 67.5 Å². The third-order valence-electron chi connectivity index (χ3n) is 2.81. The molecule has 2 N–H and O–H groups in total. The molecule has 0 aromatic heterocycles. The van der Waals surface area contributed by atoms with Crippen molar-refractivity contribution in [3.8, 4) is 0 Å². The number of fused-ring (bicyclic) bond motifs is 1. The Morgan fingerprint density at radius 2 is 2.36 bits per heavy atom. The summed E-state index contributed by atoms with van der Waals surface area (Å²) in [6.07, 6.45) is 1.92. The van der Waals surface area contributed by atoms with Crippen LogP contribution in [-0.4, -0.2) is 36.9 Å². The molecule has 3 unspecified atom stereocenters. The molecule has 2 heterocycles. The smallest absolute Gasteiger partial charge is 0.0743 e. The molecule has 11 heavy (non-hydrogen) atoms. The van der Waals surface area contributed by atoms with Crippen molar-refractivity contribution in [3.05, 3.63) is 0 Å². The van der Waals surface area contributed by atoms with Gasteiger partial charge >= 0.3 is 0 Å². The zero-order valence-corrected chi connectivity index (χ0v) is 6.99. The van der Waals surface area contributed by atoms with Gasteiger partial charge in [-0.2, -0.15) is 0 Å². The van der Waals surface area contributed by atoms with E-state index in [9.17, 15) is 0 Å². The zero-order chi connectivity index (χ0) is 7.84. The summed E-state index contributed by atoms with van der Waals surface area (Å²) >= 11 is 0. The van der Waals surface area contributed by atoms with Crippen molar-refractivity contribution in [3.63, 3.8) is 0 Å². The lowest BCUT2D eigenvalue weighted by Crippen LogP contribution is -2.38. The van der Waals surface area contributed by atoms with E-state index >= 15 is 0 Å². The van der Waals surface area contributed by atoms with Crippen LogP contribution >= 0.6 is 0 Å². The van der Waals surface area contributed by atoms with Gasteiger partial charge < -0.3 is 10.5 Å². The molecule has 3 heteroatoms. The van der Waals surface area contributed by atoms with Crippen molar-refractivity contribution < 1.29 is 4.74 Å². The highest BCUT2D eigenvalue weighted by atomic mass is 16.5. The maximum absolute atomic E-state index is 5.77. The molecule has 0 aromatic carbocycles. The number of nitrogens with zero attached hydrogens (tertiary/aromatic N) is 1. The first-order valence-electron chi connectivity index (χ1n) is 4.38. The van der Waals surface area contributed by atoms with Gasteiger partial charge in [0.05, 0.1) is 12.3 Å². The lowest BCUT2D eigenvalue weighted by molar-refractivity contribution is 0.0937. The Hall–Kier alpha value is -0.120. The first kappa shape index (κ1) is 7.53. The lowest BCUT2D eigenvalue weighted by atomic mass is 10.1. The van der Waals surface area contributed by atoms with Crippen LogP contribution in [0.2, 0.25) is 0 Å². The monoisotopic (exact) mass is 156 g/mol. The Balaban J connectivity index is 1.94. The van der Waals surface area contributed by atoms with E-state index in [2.05, 4.69) is 4.90 Å². The lowest BCUT2D eigenvalue weighted by Gasteiger charge is -2.20. The van der Waals surface area contributed by atoms with Crippen LogP contribution < -0.4 is 5.73 Å². The van der Waals surface area contributed by atoms with E-state index in [4.69, 9.17) is 10.5 Å². The molecule has 0 bridgehead atoms. The van der Waals surface area contributed by atoms with Crippen LogP contribution in [-0.2, 0) is 4.74 Å². The second-order valence-corrected chi connectivity index (χ2v) is 3.65. The number of likely N-dealkylation sites (tertiary alicyclic amines) is 1. The first-order chi connectivity index (χ1) is 5.27. The van der Waals surface area contributed by atoms with E-state index in [0.29, 0.717) is 6.10 Å². The van der Waals surface area contributed by atoms with Crippen LogP contribution in [0, 0.1) is 5.92 Å². The van der Waals surface area contributed by atoms with Gasteiger partial charge in [-0.05, 0) is 13.3 Å². The Morgan fingerprint density at radius 1 is 1.55 bits per heavy atom. The molecule has 2 fully saturated rings. The predicted molar refractivity (Wildman–Crippen MR) is 43.1 cm³/mol. The average Bonchev–Trinajstić information content (AvgIpc) is 2.40. The first-order valence-corrected chi connectivity index (χ1v) is 4.38. The Kier molecular flexibility index (Phi) is 1.87. The summed E-state index contributed by atoms with van der Waals surface area (Å²) in [6.45, 7) is 5.19. The highest BCUT2D eigenvalue weighted by Crippen LogP contribution is 2.28. The normalized spacial score (nSPS) is 40.9. The summed E-state index contributed by atoms with van der Waals surface area (Å²) < 4.78 is 5.56. The van der Waals surface area contributed by atoms with E-state index in [-0.39, 0.29) is 6.17 Å². The van der Waals surface area contributed by atoms with Gasteiger partial charge in [0.25, 0.3) is 0 Å². The molecule has 0 aliphatic carbocycles. The van der Waals surface area contributed by atoms with Gasteiger partial charge in [0.2, 0.25) is 0 Å². The third-order valence-corrected chi connectivity index (χ3v) is 2.81. The van der Waals surface area contributed by atoms with Gasteiger partial charge in [-0.1, -0.05) is 0 Å². The minimum Gasteiger partial charge on any atom is -0.377 e. The highest BCUT2D eigenvalue weighted by molar-refractivity contribution is 4.89. The molecule has 3 atom stereocenters. The molecule has 0 spiro atoms. The molecular formula is C8H16N2O. The van der Waals surface area contributed by atoms with Crippen molar-refractivity contribution in [2.75, 3.05) is 19.7 Å². The second kappa shape index (κ2) is 2.73. The summed E-state index contributed by atoms with van der Waals surface area (Å²) in [4.78, 5) is 2.30. The van der Waals surface area contributed by atoms with Gasteiger partial charge in [0.1, 0.15) is 0 Å². The van der Waals surface area contributed by atoms with Gasteiger partial charge in [-0.15, -0.1) is 0 Å². The van der Waals surface area contributed by atoms with Gasteiger partial charge in [0.15, 0.2) is 0 Å². The standard InChI is InChI=1S/C8H16N2O/c1-6(9)10-4-7-2-3-11-8(7)5-10/h6-8H,2-5,9H2,1H3. The highest BCUT2D eigenvalue weighted by Gasteiger charge is 2.37. The maximum atomic E-state index is 5.77. The van der Waals surface area contributed by atoms with E-state index in [1.807, 2.05) is 6.92 Å². The number of ether oxygens (including phenoxy) is 1. The maximum Gasteiger partial charge on any atom is 0.0743 e. The molecule has 2 aliphatic heterocycles. The van der Waals surface area contributed by atoms with Gasteiger partial charge in [-0.25, -0.2) is 0 Å². The van der Waals surface area contributed by atoms with Crippen LogP contribution in [0.3, 0.4) is 0 Å². The van der Waals surface area contributed by atoms with Crippen LogP contribution in [0.15, 0.2) is 0 Å². The van der Waals surface area contributed by atoms with Crippen LogP contribution in [0.1, 0.15) is 13.3 Å². The van der Waals surface area contributed by atoms with Gasteiger partial charge in [0, 0.05) is 25.6 Å². The van der Waals surface area contributed by atoms with E-state index in [1.54, 1.807) is 0 Å². The number of rotatable bonds is 1. The summed E-state index contributed by atoms with van der Waals surface area (Å²) in [5.74, 6) is 0.765. The zero-order valence-electron chi connectivity index (χ0n) is 6.99. The van der Waals surface area contributed by atoms with Gasteiger partial charge in [-0.3, -0.25) is 4.90 Å². The van der Waals surface area contributed by atoms with Crippen molar-refractivity contribution >= 4 is 0 Å². The van der Waals surface area contributed by atoms with Crippen molar-refractivity contribution in [2.45, 2.75) is 25.6 Å². The second-order valence-electron chi connectivity index (χ2n) is 3.65. The van der Waals surface area contributed by atoms with Crippen molar-refractivity contribution in [1.29, 1.82) is 0 Å². The SMILES string of the molecule is CC(N)N1CC2CCOC2C1. The fourth-order valence-electron chi connectivity index (χ4n) is 2.04. The Bertz CT molecular complexity index is 137. The number of hydrogen-bond donors (Lipinski definition) is 1. The molecule has 0 radical (unpaired) electrons. The van der Waals surface area contributed by atoms with Crippen LogP contribution in [0.4, 0.5) is 0 Å². The summed E-state index contributed by atoms with van der Waals surface area (Å²) in [5, 5.41) is 0. The minimum absolute atomic E-state index is 0.198. The molecular weight excluding hydrogens is 140 g/mol. The summed E-state index contributed by atoms with van der Waals surface area (Å²) in [6, 6.07) is 0. The topological polar surface area (TPSA) is 38.5 Å². The molecule has 3 nitrogen and oxygen atoms in total. The molecule has 0 amide bonds. The van der Waals surface area contributed by atoms with E-state index in [0.717, 1.165) is 25.6 Å². The molecule has 2 saturated heterocycles. The minimum atomic E-state index is 0.198. The quantitative estimate of drug-likeness (QED) is 0.581. The molecule has 0 aromatic rings. The van der Waals surface area contributed by atoms with Crippen LogP contribution in [0.5, 0.6) is 0 Å².